The molecule has 110 valence electrons. The van der Waals surface area contributed by atoms with Gasteiger partial charge < -0.3 is 9.84 Å². The Morgan fingerprint density at radius 2 is 2.10 bits per heavy atom. The Bertz CT molecular complexity index is 643. The number of carbonyl (C=O) groups is 1. The number of hydrogen-bond donors (Lipinski definition) is 1. The maximum Gasteiger partial charge on any atom is 0.338 e. The molecule has 0 amide bonds. The number of benzene rings is 2. The van der Waals surface area contributed by atoms with Gasteiger partial charge in [-0.25, -0.2) is 9.18 Å². The molecule has 0 aromatic heterocycles. The number of carboxylic acid groups (broad SMARTS) is 1. The Labute approximate surface area is 126 Å². The first kappa shape index (κ1) is 15.4. The second-order valence-electron chi connectivity index (χ2n) is 4.46. The molecule has 0 bridgehead atoms. The molecule has 2 aromatic carbocycles. The lowest BCUT2D eigenvalue weighted by atomic mass is 10.2. The molecule has 0 spiro atoms. The summed E-state index contributed by atoms with van der Waals surface area (Å²) < 4.78 is 18.9. The molecule has 2 rings (SSSR count). The van der Waals surface area contributed by atoms with Crippen LogP contribution in [0.1, 0.15) is 15.9 Å². The summed E-state index contributed by atoms with van der Waals surface area (Å²) in [7, 11) is 0. The molecule has 1 N–H and O–H groups in total. The van der Waals surface area contributed by atoms with Gasteiger partial charge in [-0.3, -0.25) is 0 Å². The molecular weight excluding hydrogens is 291 g/mol. The van der Waals surface area contributed by atoms with Crippen LogP contribution in [-0.4, -0.2) is 23.4 Å². The Morgan fingerprint density at radius 1 is 1.29 bits per heavy atom. The normalized spacial score (nSPS) is 10.4. The molecule has 0 unspecified atom stereocenters. The van der Waals surface area contributed by atoms with E-state index in [9.17, 15) is 9.18 Å². The zero-order chi connectivity index (χ0) is 15.2. The Hall–Kier alpha value is -2.01. The second kappa shape index (κ2) is 7.13. The number of aromatic carboxylic acids is 1. The minimum atomic E-state index is -1.26. The number of thioether (sulfide) groups is 1. The fourth-order valence-electron chi connectivity index (χ4n) is 1.78. The quantitative estimate of drug-likeness (QED) is 0.647. The minimum absolute atomic E-state index is 0.306. The smallest absolute Gasteiger partial charge is 0.338 e. The van der Waals surface area contributed by atoms with Crippen LogP contribution in [0, 0.1) is 12.7 Å². The molecule has 0 radical (unpaired) electrons. The van der Waals surface area contributed by atoms with E-state index in [2.05, 4.69) is 0 Å². The number of rotatable bonds is 6. The number of aryl methyl sites for hydroxylation is 1. The number of ether oxygens (including phenoxy) is 1. The highest BCUT2D eigenvalue weighted by atomic mass is 32.2. The summed E-state index contributed by atoms with van der Waals surface area (Å²) in [6.07, 6.45) is 0. The van der Waals surface area contributed by atoms with Crippen molar-refractivity contribution in [2.24, 2.45) is 0 Å². The lowest BCUT2D eigenvalue weighted by Crippen LogP contribution is -2.02. The lowest BCUT2D eigenvalue weighted by Gasteiger charge is -2.07. The first-order chi connectivity index (χ1) is 10.1. The maximum absolute atomic E-state index is 13.3. The molecule has 5 heteroatoms. The largest absolute Gasteiger partial charge is 0.493 e. The standard InChI is InChI=1S/C16H15FO3S/c1-11-3-2-4-12(9-11)20-7-8-21-13-5-6-15(17)14(10-13)16(18)19/h2-6,9-10H,7-8H2,1H3,(H,18,19). The van der Waals surface area contributed by atoms with Gasteiger partial charge >= 0.3 is 5.97 Å². The van der Waals surface area contributed by atoms with Crippen LogP contribution in [-0.2, 0) is 0 Å². The fraction of sp³-hybridized carbons (Fsp3) is 0.188. The van der Waals surface area contributed by atoms with E-state index < -0.39 is 11.8 Å². The van der Waals surface area contributed by atoms with Crippen molar-refractivity contribution in [3.8, 4) is 5.75 Å². The van der Waals surface area contributed by atoms with Crippen LogP contribution in [0.3, 0.4) is 0 Å². The second-order valence-corrected chi connectivity index (χ2v) is 5.63. The van der Waals surface area contributed by atoms with Crippen LogP contribution in [0.5, 0.6) is 5.75 Å². The highest BCUT2D eigenvalue weighted by Gasteiger charge is 2.10. The molecule has 0 saturated heterocycles. The van der Waals surface area contributed by atoms with Crippen LogP contribution in [0.25, 0.3) is 0 Å². The predicted molar refractivity (Wildman–Crippen MR) is 80.8 cm³/mol. The molecule has 2 aromatic rings. The molecule has 0 heterocycles. The van der Waals surface area contributed by atoms with Crippen molar-refractivity contribution in [1.82, 2.24) is 0 Å². The van der Waals surface area contributed by atoms with Crippen LogP contribution < -0.4 is 4.74 Å². The van der Waals surface area contributed by atoms with Gasteiger partial charge in [0.2, 0.25) is 0 Å². The molecule has 0 aliphatic carbocycles. The fourth-order valence-corrected chi connectivity index (χ4v) is 2.55. The zero-order valence-electron chi connectivity index (χ0n) is 11.5. The van der Waals surface area contributed by atoms with Crippen molar-refractivity contribution in [2.45, 2.75) is 11.8 Å². The van der Waals surface area contributed by atoms with Gasteiger partial charge in [0, 0.05) is 10.6 Å². The van der Waals surface area contributed by atoms with Crippen molar-refractivity contribution >= 4 is 17.7 Å². The van der Waals surface area contributed by atoms with Gasteiger partial charge in [0.05, 0.1) is 12.2 Å². The SMILES string of the molecule is Cc1cccc(OCCSc2ccc(F)c(C(=O)O)c2)c1. The third-order valence-electron chi connectivity index (χ3n) is 2.78. The Balaban J connectivity index is 1.86. The van der Waals surface area contributed by atoms with E-state index in [1.54, 1.807) is 6.07 Å². The third kappa shape index (κ3) is 4.49. The Kier molecular flexibility index (Phi) is 5.22. The summed E-state index contributed by atoms with van der Waals surface area (Å²) in [5.74, 6) is -0.520. The lowest BCUT2D eigenvalue weighted by molar-refractivity contribution is 0.0691. The van der Waals surface area contributed by atoms with Crippen molar-refractivity contribution in [2.75, 3.05) is 12.4 Å². The molecule has 0 fully saturated rings. The van der Waals surface area contributed by atoms with Crippen LogP contribution in [0.4, 0.5) is 4.39 Å². The Morgan fingerprint density at radius 3 is 2.81 bits per heavy atom. The molecule has 0 saturated carbocycles. The molecule has 21 heavy (non-hydrogen) atoms. The molecule has 3 nitrogen and oxygen atoms in total. The van der Waals surface area contributed by atoms with E-state index in [-0.39, 0.29) is 5.56 Å². The van der Waals surface area contributed by atoms with Crippen molar-refractivity contribution in [3.05, 3.63) is 59.4 Å². The van der Waals surface area contributed by atoms with E-state index in [1.165, 1.54) is 23.9 Å². The summed E-state index contributed by atoms with van der Waals surface area (Å²) in [4.78, 5) is 11.6. The number of hydrogen-bond acceptors (Lipinski definition) is 3. The van der Waals surface area contributed by atoms with Crippen molar-refractivity contribution in [3.63, 3.8) is 0 Å². The first-order valence-corrected chi connectivity index (χ1v) is 7.40. The van der Waals surface area contributed by atoms with Crippen molar-refractivity contribution in [1.29, 1.82) is 0 Å². The van der Waals surface area contributed by atoms with Gasteiger partial charge in [0.1, 0.15) is 11.6 Å². The van der Waals surface area contributed by atoms with Gasteiger partial charge in [-0.2, -0.15) is 0 Å². The highest BCUT2D eigenvalue weighted by molar-refractivity contribution is 7.99. The first-order valence-electron chi connectivity index (χ1n) is 6.41. The monoisotopic (exact) mass is 306 g/mol. The van der Waals surface area contributed by atoms with Gasteiger partial charge in [-0.05, 0) is 42.8 Å². The third-order valence-corrected chi connectivity index (χ3v) is 3.74. The van der Waals surface area contributed by atoms with Crippen LogP contribution in [0.15, 0.2) is 47.4 Å². The molecule has 0 aliphatic heterocycles. The molecular formula is C16H15FO3S. The van der Waals surface area contributed by atoms with Gasteiger partial charge in [-0.15, -0.1) is 11.8 Å². The van der Waals surface area contributed by atoms with Crippen molar-refractivity contribution < 1.29 is 19.0 Å². The van der Waals surface area contributed by atoms with E-state index in [1.807, 2.05) is 31.2 Å². The average Bonchev–Trinajstić information content (AvgIpc) is 2.45. The van der Waals surface area contributed by atoms with Gasteiger partial charge in [0.15, 0.2) is 0 Å². The topological polar surface area (TPSA) is 46.5 Å². The summed E-state index contributed by atoms with van der Waals surface area (Å²) in [6.45, 7) is 2.49. The maximum atomic E-state index is 13.3. The van der Waals surface area contributed by atoms with E-state index >= 15 is 0 Å². The minimum Gasteiger partial charge on any atom is -0.493 e. The zero-order valence-corrected chi connectivity index (χ0v) is 12.3. The van der Waals surface area contributed by atoms with Crippen LogP contribution >= 0.6 is 11.8 Å². The average molecular weight is 306 g/mol. The molecule has 0 aliphatic rings. The molecule has 0 atom stereocenters. The van der Waals surface area contributed by atoms with Gasteiger partial charge in [0.25, 0.3) is 0 Å². The highest BCUT2D eigenvalue weighted by Crippen LogP contribution is 2.21. The van der Waals surface area contributed by atoms with E-state index in [4.69, 9.17) is 9.84 Å². The summed E-state index contributed by atoms with van der Waals surface area (Å²) in [6, 6.07) is 11.8. The predicted octanol–water partition coefficient (Wildman–Crippen LogP) is 4.00. The van der Waals surface area contributed by atoms with E-state index in [0.717, 1.165) is 11.3 Å². The summed E-state index contributed by atoms with van der Waals surface area (Å²) in [5.41, 5.74) is 0.824. The summed E-state index contributed by atoms with van der Waals surface area (Å²) >= 11 is 1.43. The van der Waals surface area contributed by atoms with E-state index in [0.29, 0.717) is 17.3 Å². The summed E-state index contributed by atoms with van der Waals surface area (Å²) in [5, 5.41) is 8.86. The number of halogens is 1. The van der Waals surface area contributed by atoms with Crippen LogP contribution in [0.2, 0.25) is 0 Å². The van der Waals surface area contributed by atoms with Gasteiger partial charge in [-0.1, -0.05) is 12.1 Å². The number of carboxylic acids is 1.